The van der Waals surface area contributed by atoms with Crippen LogP contribution in [0.15, 0.2) is 24.3 Å². The van der Waals surface area contributed by atoms with Gasteiger partial charge in [-0.3, -0.25) is 19.8 Å². The predicted molar refractivity (Wildman–Crippen MR) is 65.8 cm³/mol. The summed E-state index contributed by atoms with van der Waals surface area (Å²) in [6.45, 7) is 1.89. The van der Waals surface area contributed by atoms with Gasteiger partial charge in [-0.1, -0.05) is 12.1 Å². The first-order valence-electron chi connectivity index (χ1n) is 5.84. The molecule has 96 valence electrons. The van der Waals surface area contributed by atoms with Gasteiger partial charge in [0.2, 0.25) is 11.8 Å². The summed E-state index contributed by atoms with van der Waals surface area (Å²) in [5.41, 5.74) is 0.879. The van der Waals surface area contributed by atoms with Gasteiger partial charge in [0.15, 0.2) is 0 Å². The van der Waals surface area contributed by atoms with Crippen LogP contribution in [-0.2, 0) is 9.59 Å². The van der Waals surface area contributed by atoms with Crippen LogP contribution in [0.4, 0.5) is 0 Å². The molecule has 2 unspecified atom stereocenters. The van der Waals surface area contributed by atoms with Crippen LogP contribution < -0.4 is 5.32 Å². The summed E-state index contributed by atoms with van der Waals surface area (Å²) in [6.07, 6.45) is 0.193. The van der Waals surface area contributed by atoms with Gasteiger partial charge in [-0.25, -0.2) is 0 Å². The molecule has 1 heterocycles. The van der Waals surface area contributed by atoms with Crippen LogP contribution in [0, 0.1) is 0 Å². The van der Waals surface area contributed by atoms with Gasteiger partial charge in [0.05, 0.1) is 12.5 Å². The van der Waals surface area contributed by atoms with Crippen molar-refractivity contribution < 1.29 is 14.7 Å². The van der Waals surface area contributed by atoms with Crippen molar-refractivity contribution in [3.8, 4) is 5.75 Å². The highest BCUT2D eigenvalue weighted by Gasteiger charge is 2.36. The highest BCUT2D eigenvalue weighted by molar-refractivity contribution is 6.05. The summed E-state index contributed by atoms with van der Waals surface area (Å²) in [5.74, 6) is -0.181. The number of nitrogens with one attached hydrogen (secondary N) is 1. The third-order valence-corrected chi connectivity index (χ3v) is 3.20. The molecule has 0 radical (unpaired) electrons. The largest absolute Gasteiger partial charge is 0.508 e. The predicted octanol–water partition coefficient (Wildman–Crippen LogP) is 0.800. The van der Waals surface area contributed by atoms with Crippen molar-refractivity contribution in [1.82, 2.24) is 10.2 Å². The third-order valence-electron chi connectivity index (χ3n) is 3.20. The van der Waals surface area contributed by atoms with Gasteiger partial charge < -0.3 is 5.11 Å². The number of likely N-dealkylation sites (N-methyl/N-ethyl adjacent to an activating group) is 1. The molecule has 1 aliphatic heterocycles. The highest BCUT2D eigenvalue weighted by atomic mass is 16.3. The molecular weight excluding hydrogens is 232 g/mol. The zero-order valence-corrected chi connectivity index (χ0v) is 10.4. The number of carbonyl (C=O) groups excluding carboxylic acids is 2. The minimum atomic E-state index is -0.472. The second kappa shape index (κ2) is 4.78. The number of aromatic hydroxyl groups is 1. The van der Waals surface area contributed by atoms with E-state index in [1.165, 1.54) is 7.05 Å². The van der Waals surface area contributed by atoms with Crippen molar-refractivity contribution in [1.29, 1.82) is 0 Å². The lowest BCUT2D eigenvalue weighted by Gasteiger charge is -2.18. The van der Waals surface area contributed by atoms with E-state index in [1.807, 2.05) is 13.0 Å². The van der Waals surface area contributed by atoms with E-state index >= 15 is 0 Å². The molecule has 1 aromatic rings. The number of nitrogens with zero attached hydrogens (tertiary/aromatic N) is 1. The van der Waals surface area contributed by atoms with Crippen LogP contribution in [0.1, 0.15) is 24.9 Å². The quantitative estimate of drug-likeness (QED) is 0.776. The lowest BCUT2D eigenvalue weighted by Crippen LogP contribution is -2.38. The van der Waals surface area contributed by atoms with Gasteiger partial charge in [0, 0.05) is 13.1 Å². The summed E-state index contributed by atoms with van der Waals surface area (Å²) in [6, 6.07) is 6.26. The Kier molecular flexibility index (Phi) is 3.34. The summed E-state index contributed by atoms with van der Waals surface area (Å²) in [7, 11) is 1.49. The molecule has 1 aliphatic rings. The molecule has 2 amide bonds. The van der Waals surface area contributed by atoms with Crippen molar-refractivity contribution in [3.63, 3.8) is 0 Å². The highest BCUT2D eigenvalue weighted by Crippen LogP contribution is 2.20. The zero-order valence-electron chi connectivity index (χ0n) is 10.4. The summed E-state index contributed by atoms with van der Waals surface area (Å²) in [5, 5.41) is 12.5. The standard InChI is InChI=1S/C13H16N2O3/c1-8(9-4-3-5-10(16)6-9)14-11-7-12(17)15(2)13(11)18/h3-6,8,11,14,16H,7H2,1-2H3. The van der Waals surface area contributed by atoms with Crippen molar-refractivity contribution in [2.45, 2.75) is 25.4 Å². The molecular formula is C13H16N2O3. The lowest BCUT2D eigenvalue weighted by molar-refractivity contribution is -0.137. The number of imide groups is 1. The molecule has 2 rings (SSSR count). The van der Waals surface area contributed by atoms with Crippen LogP contribution >= 0.6 is 0 Å². The Morgan fingerprint density at radius 2 is 2.17 bits per heavy atom. The number of hydrogen-bond donors (Lipinski definition) is 2. The van der Waals surface area contributed by atoms with E-state index in [9.17, 15) is 14.7 Å². The fraction of sp³-hybridized carbons (Fsp3) is 0.385. The molecule has 1 saturated heterocycles. The maximum atomic E-state index is 11.7. The maximum Gasteiger partial charge on any atom is 0.246 e. The van der Waals surface area contributed by atoms with E-state index in [2.05, 4.69) is 5.32 Å². The number of rotatable bonds is 3. The Bertz CT molecular complexity index is 487. The molecule has 2 N–H and O–H groups in total. The number of likely N-dealkylation sites (tertiary alicyclic amines) is 1. The molecule has 18 heavy (non-hydrogen) atoms. The second-order valence-electron chi connectivity index (χ2n) is 4.53. The molecule has 5 nitrogen and oxygen atoms in total. The lowest BCUT2D eigenvalue weighted by atomic mass is 10.1. The number of phenols is 1. The summed E-state index contributed by atoms with van der Waals surface area (Å²) < 4.78 is 0. The molecule has 0 aliphatic carbocycles. The Labute approximate surface area is 105 Å². The number of hydrogen-bond acceptors (Lipinski definition) is 4. The first-order valence-corrected chi connectivity index (χ1v) is 5.84. The Morgan fingerprint density at radius 3 is 2.72 bits per heavy atom. The molecule has 2 atom stereocenters. The van der Waals surface area contributed by atoms with Crippen molar-refractivity contribution >= 4 is 11.8 Å². The first-order chi connectivity index (χ1) is 8.49. The van der Waals surface area contributed by atoms with Crippen LogP contribution in [0.5, 0.6) is 5.75 Å². The van der Waals surface area contributed by atoms with Crippen LogP contribution in [0.2, 0.25) is 0 Å². The molecule has 1 aromatic carbocycles. The van der Waals surface area contributed by atoms with Gasteiger partial charge in [-0.2, -0.15) is 0 Å². The topological polar surface area (TPSA) is 69.6 Å². The average Bonchev–Trinajstić information content (AvgIpc) is 2.57. The molecule has 0 bridgehead atoms. The van der Waals surface area contributed by atoms with Crippen LogP contribution in [0.25, 0.3) is 0 Å². The van der Waals surface area contributed by atoms with Crippen molar-refractivity contribution in [2.24, 2.45) is 0 Å². The van der Waals surface area contributed by atoms with Gasteiger partial charge >= 0.3 is 0 Å². The first kappa shape index (κ1) is 12.6. The normalized spacial score (nSPS) is 21.4. The van der Waals surface area contributed by atoms with Gasteiger partial charge in [-0.05, 0) is 24.6 Å². The van der Waals surface area contributed by atoms with E-state index < -0.39 is 6.04 Å². The maximum absolute atomic E-state index is 11.7. The van der Waals surface area contributed by atoms with Crippen molar-refractivity contribution in [3.05, 3.63) is 29.8 Å². The molecule has 1 fully saturated rings. The number of benzene rings is 1. The number of amides is 2. The fourth-order valence-electron chi connectivity index (χ4n) is 2.08. The third kappa shape index (κ3) is 2.36. The monoisotopic (exact) mass is 248 g/mol. The molecule has 0 saturated carbocycles. The number of phenolic OH excluding ortho intramolecular Hbond substituents is 1. The van der Waals surface area contributed by atoms with E-state index in [1.54, 1.807) is 18.2 Å². The van der Waals surface area contributed by atoms with Crippen molar-refractivity contribution in [2.75, 3.05) is 7.05 Å². The van der Waals surface area contributed by atoms with Gasteiger partial charge in [-0.15, -0.1) is 0 Å². The van der Waals surface area contributed by atoms with E-state index in [0.29, 0.717) is 0 Å². The smallest absolute Gasteiger partial charge is 0.246 e. The molecule has 5 heteroatoms. The minimum absolute atomic E-state index is 0.106. The summed E-state index contributed by atoms with van der Waals surface area (Å²) >= 11 is 0. The van der Waals surface area contributed by atoms with Crippen LogP contribution in [0.3, 0.4) is 0 Å². The zero-order chi connectivity index (χ0) is 13.3. The minimum Gasteiger partial charge on any atom is -0.508 e. The Morgan fingerprint density at radius 1 is 1.44 bits per heavy atom. The Hall–Kier alpha value is -1.88. The fourth-order valence-corrected chi connectivity index (χ4v) is 2.08. The molecule has 0 aromatic heterocycles. The van der Waals surface area contributed by atoms with E-state index in [0.717, 1.165) is 10.5 Å². The summed E-state index contributed by atoms with van der Waals surface area (Å²) in [4.78, 5) is 24.3. The average molecular weight is 248 g/mol. The SMILES string of the molecule is CC(NC1CC(=O)N(C)C1=O)c1cccc(O)c1. The Balaban J connectivity index is 2.06. The van der Waals surface area contributed by atoms with Gasteiger partial charge in [0.25, 0.3) is 0 Å². The van der Waals surface area contributed by atoms with Gasteiger partial charge in [0.1, 0.15) is 5.75 Å². The van der Waals surface area contributed by atoms with E-state index in [4.69, 9.17) is 0 Å². The van der Waals surface area contributed by atoms with Crippen LogP contribution in [-0.4, -0.2) is 34.9 Å². The molecule has 0 spiro atoms. The van der Waals surface area contributed by atoms with E-state index in [-0.39, 0.29) is 30.0 Å². The number of carbonyl (C=O) groups is 2. The second-order valence-corrected chi connectivity index (χ2v) is 4.53.